The van der Waals surface area contributed by atoms with E-state index in [1.807, 2.05) is 6.07 Å². The number of ether oxygens (including phenoxy) is 1. The van der Waals surface area contributed by atoms with Gasteiger partial charge >= 0.3 is 6.18 Å². The van der Waals surface area contributed by atoms with Gasteiger partial charge in [0, 0.05) is 5.02 Å². The van der Waals surface area contributed by atoms with E-state index >= 15 is 0 Å². The molecule has 3 rings (SSSR count). The molecule has 1 aromatic heterocycles. The molecule has 3 aromatic rings. The molecule has 1 heterocycles. The van der Waals surface area contributed by atoms with Crippen molar-refractivity contribution in [1.82, 2.24) is 10.3 Å². The Labute approximate surface area is 185 Å². The Hall–Kier alpha value is -3.09. The number of aryl methyl sites for hydroxylation is 1. The first-order valence-corrected chi connectivity index (χ1v) is 10.1. The molecule has 1 amide bonds. The Balaban J connectivity index is 1.67. The van der Waals surface area contributed by atoms with Crippen molar-refractivity contribution in [3.8, 4) is 11.8 Å². The van der Waals surface area contributed by atoms with Crippen LogP contribution in [0.1, 0.15) is 37.5 Å². The summed E-state index contributed by atoms with van der Waals surface area (Å²) >= 11 is 6.94. The Morgan fingerprint density at radius 1 is 1.23 bits per heavy atom. The van der Waals surface area contributed by atoms with Crippen molar-refractivity contribution in [3.05, 3.63) is 80.3 Å². The minimum absolute atomic E-state index is 0.140. The number of aromatic nitrogens is 1. The highest BCUT2D eigenvalue weighted by molar-refractivity contribution is 7.13. The zero-order valence-electron chi connectivity index (χ0n) is 16.0. The van der Waals surface area contributed by atoms with Crippen LogP contribution in [0.5, 0.6) is 5.75 Å². The Kier molecular flexibility index (Phi) is 6.83. The predicted molar refractivity (Wildman–Crippen MR) is 110 cm³/mol. The number of thiazole rings is 1. The minimum Gasteiger partial charge on any atom is -0.486 e. The largest absolute Gasteiger partial charge is 0.486 e. The Morgan fingerprint density at radius 3 is 2.45 bits per heavy atom. The van der Waals surface area contributed by atoms with Crippen molar-refractivity contribution < 1.29 is 22.7 Å². The molecule has 0 aliphatic rings. The van der Waals surface area contributed by atoms with E-state index in [2.05, 4.69) is 10.3 Å². The van der Waals surface area contributed by atoms with Crippen LogP contribution in [-0.2, 0) is 12.8 Å². The lowest BCUT2D eigenvalue weighted by Crippen LogP contribution is -2.27. The SMILES string of the molecule is Cc1nc(COc2ccc(Cl)cc2)sc1C(=O)NC(C#N)c1ccc(C(F)(F)F)cc1. The monoisotopic (exact) mass is 465 g/mol. The number of nitriles is 1. The third kappa shape index (κ3) is 5.75. The molecule has 1 N–H and O–H groups in total. The number of nitrogens with one attached hydrogen (secondary N) is 1. The maximum Gasteiger partial charge on any atom is 0.416 e. The lowest BCUT2D eigenvalue weighted by molar-refractivity contribution is -0.137. The fraction of sp³-hybridized carbons (Fsp3) is 0.190. The number of nitrogens with zero attached hydrogens (tertiary/aromatic N) is 2. The molecule has 0 spiro atoms. The van der Waals surface area contributed by atoms with Gasteiger partial charge in [0.15, 0.2) is 0 Å². The summed E-state index contributed by atoms with van der Waals surface area (Å²) in [4.78, 5) is 17.2. The highest BCUT2D eigenvalue weighted by atomic mass is 35.5. The van der Waals surface area contributed by atoms with E-state index in [0.29, 0.717) is 26.4 Å². The molecule has 0 fully saturated rings. The van der Waals surface area contributed by atoms with E-state index in [0.717, 1.165) is 23.5 Å². The summed E-state index contributed by atoms with van der Waals surface area (Å²) in [6.07, 6.45) is -4.48. The quantitative estimate of drug-likeness (QED) is 0.507. The third-order valence-corrected chi connectivity index (χ3v) is 5.58. The molecule has 2 aromatic carbocycles. The van der Waals surface area contributed by atoms with Crippen molar-refractivity contribution in [2.75, 3.05) is 0 Å². The zero-order valence-corrected chi connectivity index (χ0v) is 17.6. The van der Waals surface area contributed by atoms with Gasteiger partial charge in [-0.1, -0.05) is 23.7 Å². The van der Waals surface area contributed by atoms with Crippen LogP contribution in [0.3, 0.4) is 0 Å². The van der Waals surface area contributed by atoms with Crippen molar-refractivity contribution in [3.63, 3.8) is 0 Å². The van der Waals surface area contributed by atoms with E-state index in [-0.39, 0.29) is 12.2 Å². The van der Waals surface area contributed by atoms with Crippen molar-refractivity contribution in [2.45, 2.75) is 25.7 Å². The highest BCUT2D eigenvalue weighted by Crippen LogP contribution is 2.30. The lowest BCUT2D eigenvalue weighted by atomic mass is 10.1. The van der Waals surface area contributed by atoms with Gasteiger partial charge in [-0.05, 0) is 48.9 Å². The van der Waals surface area contributed by atoms with Crippen LogP contribution in [0.4, 0.5) is 13.2 Å². The van der Waals surface area contributed by atoms with Gasteiger partial charge in [-0.25, -0.2) is 4.98 Å². The van der Waals surface area contributed by atoms with E-state index < -0.39 is 23.7 Å². The van der Waals surface area contributed by atoms with Gasteiger partial charge in [0.2, 0.25) is 0 Å². The maximum absolute atomic E-state index is 12.7. The van der Waals surface area contributed by atoms with Gasteiger partial charge in [-0.3, -0.25) is 4.79 Å². The number of hydrogen-bond acceptors (Lipinski definition) is 5. The second-order valence-corrected chi connectivity index (χ2v) is 7.94. The number of halogens is 4. The van der Waals surface area contributed by atoms with Gasteiger partial charge < -0.3 is 10.1 Å². The molecule has 1 unspecified atom stereocenters. The van der Waals surface area contributed by atoms with Crippen LogP contribution in [0.15, 0.2) is 48.5 Å². The van der Waals surface area contributed by atoms with Crippen molar-refractivity contribution >= 4 is 28.8 Å². The molecule has 0 aliphatic heterocycles. The van der Waals surface area contributed by atoms with E-state index in [9.17, 15) is 23.2 Å². The summed E-state index contributed by atoms with van der Waals surface area (Å²) < 4.78 is 43.8. The lowest BCUT2D eigenvalue weighted by Gasteiger charge is -2.13. The second-order valence-electron chi connectivity index (χ2n) is 6.42. The summed E-state index contributed by atoms with van der Waals surface area (Å²) in [5.41, 5.74) is -0.124. The van der Waals surface area contributed by atoms with E-state index in [4.69, 9.17) is 16.3 Å². The molecule has 1 atom stereocenters. The van der Waals surface area contributed by atoms with Gasteiger partial charge in [0.25, 0.3) is 5.91 Å². The molecule has 31 heavy (non-hydrogen) atoms. The molecule has 10 heteroatoms. The molecule has 0 saturated carbocycles. The van der Waals surface area contributed by atoms with Gasteiger partial charge in [0.1, 0.15) is 28.3 Å². The van der Waals surface area contributed by atoms with E-state index in [1.54, 1.807) is 31.2 Å². The molecule has 0 saturated heterocycles. The molecule has 0 radical (unpaired) electrons. The number of amides is 1. The number of benzene rings is 2. The summed E-state index contributed by atoms with van der Waals surface area (Å²) in [5, 5.41) is 13.0. The van der Waals surface area contributed by atoms with Crippen LogP contribution in [0, 0.1) is 18.3 Å². The van der Waals surface area contributed by atoms with Crippen molar-refractivity contribution in [1.29, 1.82) is 5.26 Å². The topological polar surface area (TPSA) is 75.0 Å². The van der Waals surface area contributed by atoms with Gasteiger partial charge in [-0.15, -0.1) is 11.3 Å². The summed E-state index contributed by atoms with van der Waals surface area (Å²) in [7, 11) is 0. The maximum atomic E-state index is 12.7. The summed E-state index contributed by atoms with van der Waals surface area (Å²) in [6.45, 7) is 1.79. The van der Waals surface area contributed by atoms with Crippen LogP contribution in [0.2, 0.25) is 5.02 Å². The van der Waals surface area contributed by atoms with E-state index in [1.165, 1.54) is 12.1 Å². The van der Waals surface area contributed by atoms with Crippen LogP contribution >= 0.6 is 22.9 Å². The molecule has 160 valence electrons. The summed E-state index contributed by atoms with van der Waals surface area (Å²) in [5.74, 6) is 0.0503. The first-order chi connectivity index (χ1) is 14.7. The second kappa shape index (κ2) is 9.37. The first-order valence-electron chi connectivity index (χ1n) is 8.89. The zero-order chi connectivity index (χ0) is 22.6. The van der Waals surface area contributed by atoms with Crippen LogP contribution < -0.4 is 10.1 Å². The minimum atomic E-state index is -4.48. The van der Waals surface area contributed by atoms with Gasteiger partial charge in [-0.2, -0.15) is 18.4 Å². The summed E-state index contributed by atoms with van der Waals surface area (Å²) in [6, 6.07) is 11.6. The third-order valence-electron chi connectivity index (χ3n) is 4.20. The number of rotatable bonds is 6. The van der Waals surface area contributed by atoms with Crippen molar-refractivity contribution in [2.24, 2.45) is 0 Å². The number of alkyl halides is 3. The number of carbonyl (C=O) groups is 1. The Bertz CT molecular complexity index is 1110. The first kappa shape index (κ1) is 22.6. The number of carbonyl (C=O) groups excluding carboxylic acids is 1. The standard InChI is InChI=1S/C21H15ClF3N3O2S/c1-12-19(31-18(27-12)11-30-16-8-6-15(22)7-9-16)20(29)28-17(10-26)13-2-4-14(5-3-13)21(23,24)25/h2-9,17H,11H2,1H3,(H,28,29). The molecule has 5 nitrogen and oxygen atoms in total. The number of hydrogen-bond donors (Lipinski definition) is 1. The fourth-order valence-electron chi connectivity index (χ4n) is 2.65. The molecular weight excluding hydrogens is 451 g/mol. The molecular formula is C21H15ClF3N3O2S. The molecule has 0 bridgehead atoms. The average molecular weight is 466 g/mol. The van der Waals surface area contributed by atoms with Crippen LogP contribution in [0.25, 0.3) is 0 Å². The Morgan fingerprint density at radius 2 is 1.87 bits per heavy atom. The fourth-order valence-corrected chi connectivity index (χ4v) is 3.66. The normalized spacial score (nSPS) is 12.1. The highest BCUT2D eigenvalue weighted by Gasteiger charge is 2.30. The van der Waals surface area contributed by atoms with Crippen LogP contribution in [-0.4, -0.2) is 10.9 Å². The van der Waals surface area contributed by atoms with Gasteiger partial charge in [0.05, 0.1) is 17.3 Å². The predicted octanol–water partition coefficient (Wildman–Crippen LogP) is 5.70. The average Bonchev–Trinajstić information content (AvgIpc) is 3.11. The smallest absolute Gasteiger partial charge is 0.416 e. The molecule has 0 aliphatic carbocycles.